The SMILES string of the molecule is CCCCCCC=C[C@H]1CCC(=O)[C@@H]1CCC(C)CCC(O)C(=O)O. The third-order valence-corrected chi connectivity index (χ3v) is 5.45. The molecular weight excluding hydrogens is 316 g/mol. The van der Waals surface area contributed by atoms with Crippen molar-refractivity contribution in [2.45, 2.75) is 90.6 Å². The van der Waals surface area contributed by atoms with Gasteiger partial charge in [0.15, 0.2) is 6.10 Å². The van der Waals surface area contributed by atoms with Gasteiger partial charge in [-0.3, -0.25) is 4.79 Å². The minimum absolute atomic E-state index is 0.138. The van der Waals surface area contributed by atoms with Crippen LogP contribution in [0.25, 0.3) is 0 Å². The molecule has 0 aromatic heterocycles. The summed E-state index contributed by atoms with van der Waals surface area (Å²) in [4.78, 5) is 22.8. The number of carbonyl (C=O) groups excluding carboxylic acids is 1. The second kappa shape index (κ2) is 12.2. The van der Waals surface area contributed by atoms with E-state index in [0.717, 1.165) is 25.7 Å². The van der Waals surface area contributed by atoms with Crippen molar-refractivity contribution in [2.24, 2.45) is 17.8 Å². The highest BCUT2D eigenvalue weighted by atomic mass is 16.4. The van der Waals surface area contributed by atoms with Gasteiger partial charge >= 0.3 is 5.97 Å². The minimum atomic E-state index is -1.26. The molecule has 1 aliphatic rings. The molecule has 4 nitrogen and oxygen atoms in total. The Balaban J connectivity index is 2.32. The van der Waals surface area contributed by atoms with Crippen molar-refractivity contribution in [2.75, 3.05) is 0 Å². The molecule has 0 heterocycles. The monoisotopic (exact) mass is 352 g/mol. The Labute approximate surface area is 152 Å². The van der Waals surface area contributed by atoms with E-state index in [2.05, 4.69) is 26.0 Å². The lowest BCUT2D eigenvalue weighted by Gasteiger charge is -2.18. The van der Waals surface area contributed by atoms with Gasteiger partial charge in [0, 0.05) is 12.3 Å². The lowest BCUT2D eigenvalue weighted by atomic mass is 9.86. The Kier molecular flexibility index (Phi) is 10.7. The molecule has 4 heteroatoms. The average Bonchev–Trinajstić information content (AvgIpc) is 2.93. The van der Waals surface area contributed by atoms with E-state index < -0.39 is 12.1 Å². The van der Waals surface area contributed by atoms with Crippen LogP contribution in [0.3, 0.4) is 0 Å². The van der Waals surface area contributed by atoms with E-state index in [1.54, 1.807) is 0 Å². The second-order valence-electron chi connectivity index (χ2n) is 7.67. The first-order valence-electron chi connectivity index (χ1n) is 10.1. The van der Waals surface area contributed by atoms with Crippen LogP contribution in [0.2, 0.25) is 0 Å². The first-order chi connectivity index (χ1) is 12.0. The van der Waals surface area contributed by atoms with E-state index in [1.165, 1.54) is 25.7 Å². The first-order valence-corrected chi connectivity index (χ1v) is 10.1. The van der Waals surface area contributed by atoms with Gasteiger partial charge in [0.2, 0.25) is 0 Å². The minimum Gasteiger partial charge on any atom is -0.479 e. The molecule has 2 N–H and O–H groups in total. The summed E-state index contributed by atoms with van der Waals surface area (Å²) in [6.45, 7) is 4.29. The fraction of sp³-hybridized carbons (Fsp3) is 0.810. The predicted octanol–water partition coefficient (Wildman–Crippen LogP) is 4.75. The molecule has 1 saturated carbocycles. The molecule has 0 spiro atoms. The van der Waals surface area contributed by atoms with Crippen LogP contribution in [0.15, 0.2) is 12.2 Å². The van der Waals surface area contributed by atoms with Gasteiger partial charge in [-0.1, -0.05) is 45.3 Å². The number of aliphatic hydroxyl groups excluding tert-OH is 1. The molecule has 0 saturated heterocycles. The number of carboxylic acids is 1. The fourth-order valence-corrected chi connectivity index (χ4v) is 3.67. The summed E-state index contributed by atoms with van der Waals surface area (Å²) in [6, 6.07) is 0. The van der Waals surface area contributed by atoms with Crippen LogP contribution in [0.1, 0.15) is 84.5 Å². The Morgan fingerprint density at radius 3 is 2.68 bits per heavy atom. The first kappa shape index (κ1) is 21.9. The molecule has 25 heavy (non-hydrogen) atoms. The molecule has 4 atom stereocenters. The van der Waals surface area contributed by atoms with E-state index in [9.17, 15) is 14.7 Å². The lowest BCUT2D eigenvalue weighted by Crippen LogP contribution is -2.20. The topological polar surface area (TPSA) is 74.6 Å². The van der Waals surface area contributed by atoms with Crippen LogP contribution in [-0.2, 0) is 9.59 Å². The van der Waals surface area contributed by atoms with Gasteiger partial charge in [0.05, 0.1) is 0 Å². The van der Waals surface area contributed by atoms with Gasteiger partial charge in [0.25, 0.3) is 0 Å². The molecule has 0 amide bonds. The molecule has 0 aromatic rings. The van der Waals surface area contributed by atoms with Crippen LogP contribution in [0.4, 0.5) is 0 Å². The number of unbranched alkanes of at least 4 members (excludes halogenated alkanes) is 4. The summed E-state index contributed by atoms with van der Waals surface area (Å²) in [7, 11) is 0. The maximum Gasteiger partial charge on any atom is 0.332 e. The third-order valence-electron chi connectivity index (χ3n) is 5.45. The largest absolute Gasteiger partial charge is 0.479 e. The number of carboxylic acid groups (broad SMARTS) is 1. The highest BCUT2D eigenvalue weighted by Gasteiger charge is 2.32. The number of ketones is 1. The number of aliphatic hydroxyl groups is 1. The summed E-state index contributed by atoms with van der Waals surface area (Å²) < 4.78 is 0. The van der Waals surface area contributed by atoms with Crippen molar-refractivity contribution >= 4 is 11.8 Å². The zero-order valence-corrected chi connectivity index (χ0v) is 16.0. The lowest BCUT2D eigenvalue weighted by molar-refractivity contribution is -0.147. The molecule has 1 fully saturated rings. The number of allylic oxidation sites excluding steroid dienone is 2. The Morgan fingerprint density at radius 1 is 1.24 bits per heavy atom. The smallest absolute Gasteiger partial charge is 0.332 e. The molecule has 0 aromatic carbocycles. The summed E-state index contributed by atoms with van der Waals surface area (Å²) in [5.74, 6) is 0.0935. The number of rotatable bonds is 13. The van der Waals surface area contributed by atoms with E-state index in [0.29, 0.717) is 30.5 Å². The van der Waals surface area contributed by atoms with Crippen molar-refractivity contribution in [3.63, 3.8) is 0 Å². The van der Waals surface area contributed by atoms with Crippen LogP contribution in [0, 0.1) is 17.8 Å². The zero-order chi connectivity index (χ0) is 18.7. The maximum absolute atomic E-state index is 12.2. The molecule has 0 aliphatic heterocycles. The van der Waals surface area contributed by atoms with Gasteiger partial charge in [-0.15, -0.1) is 0 Å². The van der Waals surface area contributed by atoms with Gasteiger partial charge in [0.1, 0.15) is 5.78 Å². The molecule has 1 aliphatic carbocycles. The highest BCUT2D eigenvalue weighted by Crippen LogP contribution is 2.34. The van der Waals surface area contributed by atoms with Crippen LogP contribution in [0.5, 0.6) is 0 Å². The molecule has 0 radical (unpaired) electrons. The fourth-order valence-electron chi connectivity index (χ4n) is 3.67. The van der Waals surface area contributed by atoms with Crippen LogP contribution >= 0.6 is 0 Å². The molecule has 0 bridgehead atoms. The third kappa shape index (κ3) is 8.66. The normalized spacial score (nSPS) is 23.2. The van der Waals surface area contributed by atoms with Crippen molar-refractivity contribution in [1.29, 1.82) is 0 Å². The number of carbonyl (C=O) groups is 2. The number of aliphatic carboxylic acids is 1. The average molecular weight is 353 g/mol. The standard InChI is InChI=1S/C21H36O4/c1-3-4-5-6-7-8-9-17-12-15-19(22)18(17)13-10-16(2)11-14-20(23)21(24)25/h8-9,16-18,20,23H,3-7,10-15H2,1-2H3,(H,24,25)/t16?,17-,18+,20?/m0/s1. The van der Waals surface area contributed by atoms with Crippen LogP contribution in [-0.4, -0.2) is 28.1 Å². The van der Waals surface area contributed by atoms with Gasteiger partial charge in [-0.25, -0.2) is 4.79 Å². The molecule has 144 valence electrons. The van der Waals surface area contributed by atoms with Crippen molar-refractivity contribution in [3.8, 4) is 0 Å². The molecule has 2 unspecified atom stereocenters. The van der Waals surface area contributed by atoms with Crippen molar-refractivity contribution < 1.29 is 19.8 Å². The van der Waals surface area contributed by atoms with E-state index in [4.69, 9.17) is 5.11 Å². The van der Waals surface area contributed by atoms with Crippen molar-refractivity contribution in [3.05, 3.63) is 12.2 Å². The second-order valence-corrected chi connectivity index (χ2v) is 7.67. The Bertz CT molecular complexity index is 430. The molecular formula is C21H36O4. The zero-order valence-electron chi connectivity index (χ0n) is 16.0. The highest BCUT2D eigenvalue weighted by molar-refractivity contribution is 5.83. The Morgan fingerprint density at radius 2 is 2.00 bits per heavy atom. The number of hydrogen-bond donors (Lipinski definition) is 2. The van der Waals surface area contributed by atoms with E-state index in [-0.39, 0.29) is 12.3 Å². The summed E-state index contributed by atoms with van der Waals surface area (Å²) in [5.41, 5.74) is 0. The van der Waals surface area contributed by atoms with Gasteiger partial charge in [-0.2, -0.15) is 0 Å². The van der Waals surface area contributed by atoms with E-state index >= 15 is 0 Å². The quantitative estimate of drug-likeness (QED) is 0.370. The van der Waals surface area contributed by atoms with E-state index in [1.807, 2.05) is 0 Å². The summed E-state index contributed by atoms with van der Waals surface area (Å²) in [6.07, 6.45) is 13.9. The molecule has 1 rings (SSSR count). The maximum atomic E-state index is 12.2. The van der Waals surface area contributed by atoms with Crippen molar-refractivity contribution in [1.82, 2.24) is 0 Å². The van der Waals surface area contributed by atoms with Gasteiger partial charge in [-0.05, 0) is 56.8 Å². The van der Waals surface area contributed by atoms with Gasteiger partial charge < -0.3 is 10.2 Å². The summed E-state index contributed by atoms with van der Waals surface area (Å²) in [5, 5.41) is 18.1. The Hall–Kier alpha value is -1.16. The number of Topliss-reactive ketones (excluding diaryl/α,β-unsaturated/α-hetero) is 1. The van der Waals surface area contributed by atoms with Crippen LogP contribution < -0.4 is 0 Å². The summed E-state index contributed by atoms with van der Waals surface area (Å²) >= 11 is 0. The predicted molar refractivity (Wildman–Crippen MR) is 100 cm³/mol. The number of hydrogen-bond acceptors (Lipinski definition) is 3.